The van der Waals surface area contributed by atoms with E-state index in [1.165, 1.54) is 22.4 Å². The molecule has 1 heteroatoms. The molecule has 1 aliphatic heterocycles. The molecule has 1 unspecified atom stereocenters. The minimum atomic E-state index is 0.0609. The second-order valence-corrected chi connectivity index (χ2v) is 5.13. The van der Waals surface area contributed by atoms with E-state index in [1.807, 2.05) is 0 Å². The van der Waals surface area contributed by atoms with E-state index in [2.05, 4.69) is 66.2 Å². The zero-order valence-electron chi connectivity index (χ0n) is 9.85. The van der Waals surface area contributed by atoms with Crippen molar-refractivity contribution in [2.45, 2.75) is 18.9 Å². The lowest BCUT2D eigenvalue weighted by Gasteiger charge is -2.28. The number of nitrogens with zero attached hydrogens (tertiary/aromatic N) is 1. The average Bonchev–Trinajstić information content (AvgIpc) is 2.71. The molecular formula is C16H14N+. The van der Waals surface area contributed by atoms with Crippen molar-refractivity contribution in [3.8, 4) is 0 Å². The van der Waals surface area contributed by atoms with Crippen LogP contribution in [0.15, 0.2) is 48.7 Å². The highest BCUT2D eigenvalue weighted by atomic mass is 15.0. The first-order chi connectivity index (χ1) is 8.29. The fourth-order valence-electron chi connectivity index (χ4n) is 3.34. The smallest absolute Gasteiger partial charge is 0.196 e. The molecule has 17 heavy (non-hydrogen) atoms. The lowest BCUT2D eigenvalue weighted by molar-refractivity contribution is -0.700. The fourth-order valence-corrected chi connectivity index (χ4v) is 3.34. The molecule has 2 aliphatic rings. The van der Waals surface area contributed by atoms with Crippen LogP contribution in [0, 0.1) is 0 Å². The van der Waals surface area contributed by atoms with Gasteiger partial charge >= 0.3 is 0 Å². The van der Waals surface area contributed by atoms with Crippen LogP contribution in [0.4, 0.5) is 0 Å². The first kappa shape index (κ1) is 9.17. The van der Waals surface area contributed by atoms with Crippen LogP contribution >= 0.6 is 0 Å². The number of fused-ring (bicyclic) bond motifs is 2. The molecule has 1 aromatic carbocycles. The van der Waals surface area contributed by atoms with Crippen LogP contribution in [0.2, 0.25) is 0 Å². The van der Waals surface area contributed by atoms with Crippen LogP contribution in [0.25, 0.3) is 6.08 Å². The van der Waals surface area contributed by atoms with E-state index < -0.39 is 0 Å². The van der Waals surface area contributed by atoms with Gasteiger partial charge in [0.25, 0.3) is 0 Å². The Morgan fingerprint density at radius 2 is 2.00 bits per heavy atom. The summed E-state index contributed by atoms with van der Waals surface area (Å²) in [5, 5.41) is 0. The monoisotopic (exact) mass is 220 g/mol. The van der Waals surface area contributed by atoms with Gasteiger partial charge in [0.1, 0.15) is 0 Å². The van der Waals surface area contributed by atoms with E-state index in [0.29, 0.717) is 0 Å². The van der Waals surface area contributed by atoms with Gasteiger partial charge in [-0.1, -0.05) is 36.4 Å². The Morgan fingerprint density at radius 1 is 1.12 bits per heavy atom. The SMILES string of the molecule is CC12C=Cc3ccc[n+](c31)Cc1ccccc12. The number of pyridine rings is 1. The van der Waals surface area contributed by atoms with Gasteiger partial charge in [0.2, 0.25) is 5.69 Å². The maximum Gasteiger partial charge on any atom is 0.203 e. The maximum atomic E-state index is 2.39. The van der Waals surface area contributed by atoms with Crippen LogP contribution in [0.5, 0.6) is 0 Å². The molecule has 4 rings (SSSR count). The highest BCUT2D eigenvalue weighted by molar-refractivity contribution is 5.66. The average molecular weight is 220 g/mol. The third-order valence-corrected chi connectivity index (χ3v) is 4.11. The van der Waals surface area contributed by atoms with Gasteiger partial charge in [-0.05, 0) is 18.6 Å². The van der Waals surface area contributed by atoms with Crippen LogP contribution in [0.3, 0.4) is 0 Å². The molecule has 0 bridgehead atoms. The van der Waals surface area contributed by atoms with Gasteiger partial charge in [-0.15, -0.1) is 0 Å². The van der Waals surface area contributed by atoms with Crippen molar-refractivity contribution in [1.29, 1.82) is 0 Å². The molecule has 1 aromatic heterocycles. The van der Waals surface area contributed by atoms with Crippen LogP contribution in [0.1, 0.15) is 29.3 Å². The number of hydrogen-bond donors (Lipinski definition) is 0. The standard InChI is InChI=1S/C16H14N/c1-16-9-8-12-6-4-10-17(15(12)16)11-13-5-2-3-7-14(13)16/h2-10H,11H2,1H3/q+1. The molecule has 0 radical (unpaired) electrons. The lowest BCUT2D eigenvalue weighted by Crippen LogP contribution is -2.49. The van der Waals surface area contributed by atoms with Gasteiger partial charge in [0, 0.05) is 17.2 Å². The van der Waals surface area contributed by atoms with Crippen molar-refractivity contribution in [2.24, 2.45) is 0 Å². The summed E-state index contributed by atoms with van der Waals surface area (Å²) in [5.74, 6) is 0. The molecule has 1 atom stereocenters. The quantitative estimate of drug-likeness (QED) is 0.601. The number of rotatable bonds is 0. The van der Waals surface area contributed by atoms with Gasteiger partial charge in [-0.25, -0.2) is 0 Å². The van der Waals surface area contributed by atoms with Gasteiger partial charge < -0.3 is 0 Å². The second kappa shape index (κ2) is 2.86. The van der Waals surface area contributed by atoms with Gasteiger partial charge in [0.15, 0.2) is 12.7 Å². The molecule has 0 saturated heterocycles. The maximum absolute atomic E-state index is 2.39. The Kier molecular flexibility index (Phi) is 1.54. The molecular weight excluding hydrogens is 206 g/mol. The summed E-state index contributed by atoms with van der Waals surface area (Å²) in [4.78, 5) is 0. The second-order valence-electron chi connectivity index (χ2n) is 5.13. The molecule has 1 nitrogen and oxygen atoms in total. The molecule has 0 spiro atoms. The summed E-state index contributed by atoms with van der Waals surface area (Å²) in [6, 6.07) is 13.1. The summed E-state index contributed by atoms with van der Waals surface area (Å²) in [5.41, 5.74) is 5.77. The molecule has 2 aromatic rings. The lowest BCUT2D eigenvalue weighted by atomic mass is 9.76. The van der Waals surface area contributed by atoms with E-state index in [4.69, 9.17) is 0 Å². The molecule has 82 valence electrons. The summed E-state index contributed by atoms with van der Waals surface area (Å²) in [7, 11) is 0. The molecule has 0 fully saturated rings. The first-order valence-electron chi connectivity index (χ1n) is 6.09. The van der Waals surface area contributed by atoms with Crippen molar-refractivity contribution in [3.05, 3.63) is 71.1 Å². The first-order valence-corrected chi connectivity index (χ1v) is 6.09. The number of aromatic nitrogens is 1. The molecule has 0 amide bonds. The normalized spacial score (nSPS) is 23.4. The summed E-state index contributed by atoms with van der Waals surface area (Å²) < 4.78 is 2.39. The van der Waals surface area contributed by atoms with E-state index in [9.17, 15) is 0 Å². The van der Waals surface area contributed by atoms with Crippen molar-refractivity contribution in [3.63, 3.8) is 0 Å². The highest BCUT2D eigenvalue weighted by Crippen LogP contribution is 2.42. The molecule has 0 N–H and O–H groups in total. The van der Waals surface area contributed by atoms with E-state index >= 15 is 0 Å². The number of hydrogen-bond acceptors (Lipinski definition) is 0. The zero-order chi connectivity index (χ0) is 11.5. The van der Waals surface area contributed by atoms with Crippen LogP contribution < -0.4 is 4.57 Å². The van der Waals surface area contributed by atoms with Crippen molar-refractivity contribution in [1.82, 2.24) is 0 Å². The minimum Gasteiger partial charge on any atom is -0.196 e. The highest BCUT2D eigenvalue weighted by Gasteiger charge is 2.44. The Bertz CT molecular complexity index is 654. The molecule has 2 heterocycles. The van der Waals surface area contributed by atoms with Crippen LogP contribution in [-0.2, 0) is 12.0 Å². The molecule has 0 saturated carbocycles. The van der Waals surface area contributed by atoms with E-state index in [0.717, 1.165) is 6.54 Å². The van der Waals surface area contributed by atoms with E-state index in [1.54, 1.807) is 0 Å². The predicted octanol–water partition coefficient (Wildman–Crippen LogP) is 2.67. The Labute approximate surface area is 101 Å². The van der Waals surface area contributed by atoms with Gasteiger partial charge in [-0.3, -0.25) is 0 Å². The summed E-state index contributed by atoms with van der Waals surface area (Å²) >= 11 is 0. The Hall–Kier alpha value is -1.89. The van der Waals surface area contributed by atoms with Gasteiger partial charge in [0.05, 0.1) is 5.41 Å². The number of allylic oxidation sites excluding steroid dienone is 1. The molecule has 1 aliphatic carbocycles. The zero-order valence-corrected chi connectivity index (χ0v) is 9.85. The van der Waals surface area contributed by atoms with Gasteiger partial charge in [-0.2, -0.15) is 4.57 Å². The van der Waals surface area contributed by atoms with Crippen molar-refractivity contribution < 1.29 is 4.57 Å². The van der Waals surface area contributed by atoms with E-state index in [-0.39, 0.29) is 5.41 Å². The third kappa shape index (κ3) is 1.02. The minimum absolute atomic E-state index is 0.0609. The fraction of sp³-hybridized carbons (Fsp3) is 0.188. The van der Waals surface area contributed by atoms with Crippen molar-refractivity contribution in [2.75, 3.05) is 0 Å². The summed E-state index contributed by atoms with van der Waals surface area (Å²) in [6.45, 7) is 3.32. The third-order valence-electron chi connectivity index (χ3n) is 4.11. The van der Waals surface area contributed by atoms with Crippen molar-refractivity contribution >= 4 is 6.08 Å². The topological polar surface area (TPSA) is 3.88 Å². The Morgan fingerprint density at radius 3 is 2.94 bits per heavy atom. The predicted molar refractivity (Wildman–Crippen MR) is 67.7 cm³/mol. The largest absolute Gasteiger partial charge is 0.203 e. The Balaban J connectivity index is 2.11. The summed E-state index contributed by atoms with van der Waals surface area (Å²) in [6.07, 6.45) is 6.79. The number of benzene rings is 1. The van der Waals surface area contributed by atoms with Crippen LogP contribution in [-0.4, -0.2) is 0 Å².